The summed E-state index contributed by atoms with van der Waals surface area (Å²) >= 11 is 1.21. The molecule has 0 saturated carbocycles. The average Bonchev–Trinajstić information content (AvgIpc) is 3.18. The number of thiophene rings is 1. The van der Waals surface area contributed by atoms with Crippen molar-refractivity contribution in [1.29, 1.82) is 0 Å². The van der Waals surface area contributed by atoms with Crippen molar-refractivity contribution in [1.82, 2.24) is 0 Å². The highest BCUT2D eigenvalue weighted by molar-refractivity contribution is 7.16. The molecule has 2 rings (SSSR count). The van der Waals surface area contributed by atoms with Crippen molar-refractivity contribution in [2.24, 2.45) is 0 Å². The molecule has 0 radical (unpaired) electrons. The minimum atomic E-state index is -0.963. The molecular weight excluding hydrogens is 442 g/mol. The molecule has 0 bridgehead atoms. The van der Waals surface area contributed by atoms with E-state index < -0.39 is 29.4 Å². The van der Waals surface area contributed by atoms with E-state index in [-0.39, 0.29) is 47.3 Å². The van der Waals surface area contributed by atoms with E-state index >= 15 is 0 Å². The number of nitro groups is 1. The minimum absolute atomic E-state index is 0.105. The predicted octanol–water partition coefficient (Wildman–Crippen LogP) is 2.60. The number of carbonyl (C=O) groups excluding carboxylic acids is 3. The Labute approximate surface area is 187 Å². The van der Waals surface area contributed by atoms with Crippen molar-refractivity contribution in [3.63, 3.8) is 0 Å². The van der Waals surface area contributed by atoms with Gasteiger partial charge in [-0.05, 0) is 25.5 Å². The van der Waals surface area contributed by atoms with Crippen molar-refractivity contribution in [3.8, 4) is 0 Å². The number of anilines is 2. The van der Waals surface area contributed by atoms with Crippen molar-refractivity contribution in [2.75, 3.05) is 37.0 Å². The average molecular weight is 465 g/mol. The number of nitro benzene ring substituents is 1. The molecule has 0 unspecified atom stereocenters. The second kappa shape index (κ2) is 11.8. The molecule has 3 N–H and O–H groups in total. The molecule has 172 valence electrons. The lowest BCUT2D eigenvalue weighted by atomic mass is 10.1. The lowest BCUT2D eigenvalue weighted by Gasteiger charge is -2.11. The van der Waals surface area contributed by atoms with E-state index in [2.05, 4.69) is 10.6 Å². The molecule has 12 heteroatoms. The molecule has 1 aromatic heterocycles. The summed E-state index contributed by atoms with van der Waals surface area (Å²) in [6.07, 6.45) is 0.651. The summed E-state index contributed by atoms with van der Waals surface area (Å²) in [5, 5.41) is 25.6. The van der Waals surface area contributed by atoms with E-state index in [1.165, 1.54) is 23.5 Å². The number of aliphatic hydroxyl groups is 1. The molecule has 2 aromatic rings. The van der Waals surface area contributed by atoms with E-state index in [1.807, 2.05) is 6.92 Å². The Morgan fingerprint density at radius 3 is 2.47 bits per heavy atom. The van der Waals surface area contributed by atoms with Crippen LogP contribution < -0.4 is 10.6 Å². The number of amides is 1. The molecule has 11 nitrogen and oxygen atoms in total. The highest BCUT2D eigenvalue weighted by Gasteiger charge is 2.21. The van der Waals surface area contributed by atoms with Crippen LogP contribution in [0.15, 0.2) is 24.3 Å². The lowest BCUT2D eigenvalue weighted by molar-refractivity contribution is -0.384. The molecule has 0 saturated heterocycles. The fourth-order valence-electron chi connectivity index (χ4n) is 2.60. The molecule has 0 aliphatic rings. The first-order valence-electron chi connectivity index (χ1n) is 9.70. The van der Waals surface area contributed by atoms with Gasteiger partial charge < -0.3 is 25.2 Å². The lowest BCUT2D eigenvalue weighted by Crippen LogP contribution is -2.22. The topological polar surface area (TPSA) is 157 Å². The highest BCUT2D eigenvalue weighted by Crippen LogP contribution is 2.29. The number of ether oxygens (including phenoxy) is 2. The first-order valence-corrected chi connectivity index (χ1v) is 10.5. The Kier molecular flexibility index (Phi) is 9.10. The molecule has 0 aliphatic heterocycles. The summed E-state index contributed by atoms with van der Waals surface area (Å²) in [6, 6.07) is 5.16. The van der Waals surface area contributed by atoms with Gasteiger partial charge in [-0.3, -0.25) is 14.9 Å². The summed E-state index contributed by atoms with van der Waals surface area (Å²) < 4.78 is 10.0. The van der Waals surface area contributed by atoms with Crippen LogP contribution in [0, 0.1) is 10.1 Å². The minimum Gasteiger partial charge on any atom is -0.462 e. The van der Waals surface area contributed by atoms with Gasteiger partial charge in [-0.1, -0.05) is 6.92 Å². The first kappa shape index (κ1) is 24.8. The number of nitrogens with zero attached hydrogens (tertiary/aromatic N) is 1. The Morgan fingerprint density at radius 2 is 1.84 bits per heavy atom. The fraction of sp³-hybridized carbons (Fsp3) is 0.350. The number of aryl methyl sites for hydroxylation is 1. The fourth-order valence-corrected chi connectivity index (χ4v) is 3.60. The number of hydrogen-bond acceptors (Lipinski definition) is 10. The predicted molar refractivity (Wildman–Crippen MR) is 117 cm³/mol. The van der Waals surface area contributed by atoms with Crippen LogP contribution in [0.5, 0.6) is 0 Å². The van der Waals surface area contributed by atoms with E-state index in [4.69, 9.17) is 14.6 Å². The number of rotatable bonds is 11. The molecule has 1 heterocycles. The third-order valence-electron chi connectivity index (χ3n) is 4.08. The zero-order chi connectivity index (χ0) is 23.7. The Hall–Kier alpha value is -3.51. The van der Waals surface area contributed by atoms with Gasteiger partial charge in [-0.25, -0.2) is 9.59 Å². The number of aliphatic hydroxyl groups excluding tert-OH is 1. The summed E-state index contributed by atoms with van der Waals surface area (Å²) in [6.45, 7) is 2.94. The molecule has 1 aromatic carbocycles. The van der Waals surface area contributed by atoms with Crippen LogP contribution >= 0.6 is 11.3 Å². The number of non-ortho nitro benzene ring substituents is 1. The van der Waals surface area contributed by atoms with Crippen LogP contribution in [0.2, 0.25) is 0 Å². The number of hydrogen-bond donors (Lipinski definition) is 3. The molecule has 32 heavy (non-hydrogen) atoms. The highest BCUT2D eigenvalue weighted by atomic mass is 32.1. The quantitative estimate of drug-likeness (QED) is 0.258. The molecule has 0 fully saturated rings. The number of esters is 2. The summed E-state index contributed by atoms with van der Waals surface area (Å²) in [4.78, 5) is 48.1. The van der Waals surface area contributed by atoms with Crippen LogP contribution in [-0.4, -0.2) is 54.2 Å². The monoisotopic (exact) mass is 465 g/mol. The van der Waals surface area contributed by atoms with E-state index in [9.17, 15) is 24.5 Å². The second-order valence-corrected chi connectivity index (χ2v) is 7.43. The molecule has 0 spiro atoms. The van der Waals surface area contributed by atoms with Gasteiger partial charge in [-0.2, -0.15) is 0 Å². The molecular formula is C20H23N3O8S. The smallest absolute Gasteiger partial charge is 0.341 e. The van der Waals surface area contributed by atoms with Crippen molar-refractivity contribution in [3.05, 3.63) is 50.4 Å². The Morgan fingerprint density at radius 1 is 1.12 bits per heavy atom. The Bertz CT molecular complexity index is 1000. The SMILES string of the molecule is CCOC(=O)c1cc(CC)sc1NC(=O)COC(=O)c1cc([N+](=O)[O-])ccc1NCCO. The van der Waals surface area contributed by atoms with Crippen molar-refractivity contribution < 1.29 is 33.9 Å². The number of benzene rings is 1. The zero-order valence-corrected chi connectivity index (χ0v) is 18.3. The van der Waals surface area contributed by atoms with Gasteiger partial charge in [0.25, 0.3) is 11.6 Å². The molecule has 0 aliphatic carbocycles. The van der Waals surface area contributed by atoms with Crippen LogP contribution in [0.4, 0.5) is 16.4 Å². The number of carbonyl (C=O) groups is 3. The largest absolute Gasteiger partial charge is 0.462 e. The van der Waals surface area contributed by atoms with Gasteiger partial charge in [0, 0.05) is 29.2 Å². The third kappa shape index (κ3) is 6.49. The van der Waals surface area contributed by atoms with Gasteiger partial charge in [-0.15, -0.1) is 11.3 Å². The van der Waals surface area contributed by atoms with Crippen LogP contribution in [0.25, 0.3) is 0 Å². The maximum absolute atomic E-state index is 12.5. The summed E-state index contributed by atoms with van der Waals surface area (Å²) in [7, 11) is 0. The summed E-state index contributed by atoms with van der Waals surface area (Å²) in [5.74, 6) is -2.23. The third-order valence-corrected chi connectivity index (χ3v) is 5.27. The van der Waals surface area contributed by atoms with E-state index in [0.29, 0.717) is 6.42 Å². The van der Waals surface area contributed by atoms with Gasteiger partial charge in [0.15, 0.2) is 6.61 Å². The van der Waals surface area contributed by atoms with Gasteiger partial charge >= 0.3 is 11.9 Å². The van der Waals surface area contributed by atoms with Gasteiger partial charge in [0.2, 0.25) is 0 Å². The summed E-state index contributed by atoms with van der Waals surface area (Å²) in [5.41, 5.74) is -0.0641. The van der Waals surface area contributed by atoms with Crippen LogP contribution in [0.3, 0.4) is 0 Å². The van der Waals surface area contributed by atoms with Gasteiger partial charge in [0.05, 0.1) is 29.3 Å². The maximum Gasteiger partial charge on any atom is 0.341 e. The number of nitrogens with one attached hydrogen (secondary N) is 2. The second-order valence-electron chi connectivity index (χ2n) is 6.29. The Balaban J connectivity index is 2.11. The normalized spacial score (nSPS) is 10.3. The van der Waals surface area contributed by atoms with E-state index in [0.717, 1.165) is 10.9 Å². The van der Waals surface area contributed by atoms with Crippen LogP contribution in [-0.2, 0) is 20.7 Å². The molecule has 0 atom stereocenters. The first-order chi connectivity index (χ1) is 15.3. The van der Waals surface area contributed by atoms with E-state index in [1.54, 1.807) is 13.0 Å². The van der Waals surface area contributed by atoms with Crippen LogP contribution in [0.1, 0.15) is 39.4 Å². The van der Waals surface area contributed by atoms with Crippen molar-refractivity contribution >= 4 is 45.6 Å². The van der Waals surface area contributed by atoms with Gasteiger partial charge in [0.1, 0.15) is 5.00 Å². The maximum atomic E-state index is 12.5. The molecule has 1 amide bonds. The standard InChI is InChI=1S/C20H23N3O8S/c1-3-13-10-15(20(27)30-4-2)18(32-13)22-17(25)11-31-19(26)14-9-12(23(28)29)5-6-16(14)21-7-8-24/h5-6,9-10,21,24H,3-4,7-8,11H2,1-2H3,(H,22,25). The zero-order valence-electron chi connectivity index (χ0n) is 17.5. The van der Waals surface area contributed by atoms with Crippen molar-refractivity contribution in [2.45, 2.75) is 20.3 Å².